The molecule has 0 bridgehead atoms. The second kappa shape index (κ2) is 3.73. The zero-order valence-electron chi connectivity index (χ0n) is 8.36. The molecule has 0 radical (unpaired) electrons. The van der Waals surface area contributed by atoms with Crippen LogP contribution in [0.2, 0.25) is 0 Å². The fourth-order valence-electron chi connectivity index (χ4n) is 1.67. The van der Waals surface area contributed by atoms with Gasteiger partial charge in [0.25, 0.3) is 0 Å². The maximum atomic E-state index is 11.9. The van der Waals surface area contributed by atoms with E-state index in [1.807, 2.05) is 25.1 Å². The Labute approximate surface area is 87.7 Å². The number of rotatable bonds is 2. The lowest BCUT2D eigenvalue weighted by molar-refractivity contribution is 0.0946. The van der Waals surface area contributed by atoms with Crippen molar-refractivity contribution in [2.75, 3.05) is 0 Å². The van der Waals surface area contributed by atoms with Gasteiger partial charge in [0.05, 0.1) is 6.04 Å². The Hall–Kier alpha value is -1.84. The maximum Gasteiger partial charge on any atom is 0.315 e. The molecule has 1 fully saturated rings. The summed E-state index contributed by atoms with van der Waals surface area (Å²) in [4.78, 5) is 23.0. The molecule has 15 heavy (non-hydrogen) atoms. The molecular formula is C11H12N2O2. The van der Waals surface area contributed by atoms with Gasteiger partial charge in [-0.15, -0.1) is 0 Å². The smallest absolute Gasteiger partial charge is 0.315 e. The molecule has 1 aromatic rings. The zero-order valence-corrected chi connectivity index (χ0v) is 8.36. The molecule has 78 valence electrons. The maximum absolute atomic E-state index is 11.9. The summed E-state index contributed by atoms with van der Waals surface area (Å²) in [6, 6.07) is 8.07. The van der Waals surface area contributed by atoms with E-state index in [2.05, 4.69) is 10.6 Å². The molecule has 1 aliphatic rings. The van der Waals surface area contributed by atoms with Gasteiger partial charge in [0, 0.05) is 5.56 Å². The largest absolute Gasteiger partial charge is 0.333 e. The van der Waals surface area contributed by atoms with E-state index in [1.165, 1.54) is 0 Å². The third-order valence-electron chi connectivity index (χ3n) is 2.49. The molecule has 2 atom stereocenters. The number of carbonyl (C=O) groups is 2. The van der Waals surface area contributed by atoms with Gasteiger partial charge in [-0.2, -0.15) is 0 Å². The van der Waals surface area contributed by atoms with Crippen LogP contribution in [0.4, 0.5) is 4.79 Å². The van der Waals surface area contributed by atoms with Crippen molar-refractivity contribution in [3.8, 4) is 0 Å². The summed E-state index contributed by atoms with van der Waals surface area (Å²) in [6.45, 7) is 1.81. The van der Waals surface area contributed by atoms with E-state index >= 15 is 0 Å². The lowest BCUT2D eigenvalue weighted by Crippen LogP contribution is -2.38. The van der Waals surface area contributed by atoms with Crippen LogP contribution in [0.15, 0.2) is 30.3 Å². The molecule has 2 amide bonds. The number of nitrogens with one attached hydrogen (secondary N) is 2. The van der Waals surface area contributed by atoms with E-state index in [9.17, 15) is 9.59 Å². The second-order valence-electron chi connectivity index (χ2n) is 3.61. The third-order valence-corrected chi connectivity index (χ3v) is 2.49. The number of ketones is 1. The van der Waals surface area contributed by atoms with Crippen LogP contribution in [-0.4, -0.2) is 23.9 Å². The lowest BCUT2D eigenvalue weighted by Gasteiger charge is -2.12. The van der Waals surface area contributed by atoms with E-state index in [-0.39, 0.29) is 17.9 Å². The molecule has 4 nitrogen and oxygen atoms in total. The minimum absolute atomic E-state index is 0.0542. The Balaban J connectivity index is 2.19. The van der Waals surface area contributed by atoms with Gasteiger partial charge in [-0.05, 0) is 6.92 Å². The molecule has 1 saturated heterocycles. The molecule has 2 N–H and O–H groups in total. The van der Waals surface area contributed by atoms with Crippen LogP contribution in [0.25, 0.3) is 0 Å². The van der Waals surface area contributed by atoms with Crippen molar-refractivity contribution >= 4 is 11.8 Å². The van der Waals surface area contributed by atoms with E-state index in [0.717, 1.165) is 0 Å². The summed E-state index contributed by atoms with van der Waals surface area (Å²) in [5, 5.41) is 5.25. The second-order valence-corrected chi connectivity index (χ2v) is 3.61. The molecule has 2 unspecified atom stereocenters. The molecule has 2 rings (SSSR count). The van der Waals surface area contributed by atoms with Crippen LogP contribution in [0.5, 0.6) is 0 Å². The molecular weight excluding hydrogens is 192 g/mol. The van der Waals surface area contributed by atoms with Crippen molar-refractivity contribution < 1.29 is 9.59 Å². The summed E-state index contributed by atoms with van der Waals surface area (Å²) >= 11 is 0. The normalized spacial score (nSPS) is 24.5. The summed E-state index contributed by atoms with van der Waals surface area (Å²) in [5.74, 6) is -0.0542. The van der Waals surface area contributed by atoms with Crippen molar-refractivity contribution in [3.63, 3.8) is 0 Å². The number of hydrogen-bond donors (Lipinski definition) is 2. The number of benzene rings is 1. The van der Waals surface area contributed by atoms with E-state index < -0.39 is 6.04 Å². The van der Waals surface area contributed by atoms with Gasteiger partial charge in [-0.3, -0.25) is 4.79 Å². The zero-order chi connectivity index (χ0) is 10.8. The van der Waals surface area contributed by atoms with Crippen LogP contribution >= 0.6 is 0 Å². The highest BCUT2D eigenvalue weighted by atomic mass is 16.2. The Morgan fingerprint density at radius 1 is 1.20 bits per heavy atom. The van der Waals surface area contributed by atoms with Crippen molar-refractivity contribution in [1.29, 1.82) is 0 Å². The van der Waals surface area contributed by atoms with Gasteiger partial charge in [-0.25, -0.2) is 4.79 Å². The summed E-state index contributed by atoms with van der Waals surface area (Å²) in [5.41, 5.74) is 0.623. The van der Waals surface area contributed by atoms with Crippen LogP contribution in [-0.2, 0) is 0 Å². The quantitative estimate of drug-likeness (QED) is 0.704. The first-order valence-electron chi connectivity index (χ1n) is 4.85. The average Bonchev–Trinajstić information content (AvgIpc) is 2.58. The predicted molar refractivity (Wildman–Crippen MR) is 55.7 cm³/mol. The highest BCUT2D eigenvalue weighted by Crippen LogP contribution is 2.09. The number of carbonyl (C=O) groups excluding carboxylic acids is 2. The monoisotopic (exact) mass is 204 g/mol. The van der Waals surface area contributed by atoms with E-state index in [4.69, 9.17) is 0 Å². The number of hydrogen-bond acceptors (Lipinski definition) is 2. The van der Waals surface area contributed by atoms with Crippen molar-refractivity contribution in [1.82, 2.24) is 10.6 Å². The topological polar surface area (TPSA) is 58.2 Å². The molecule has 4 heteroatoms. The first kappa shape index (κ1) is 9.71. The molecule has 0 aliphatic carbocycles. The SMILES string of the molecule is CC1NC(=O)NC1C(=O)c1ccccc1. The van der Waals surface area contributed by atoms with Crippen molar-refractivity contribution in [2.45, 2.75) is 19.0 Å². The van der Waals surface area contributed by atoms with Gasteiger partial charge in [-0.1, -0.05) is 30.3 Å². The molecule has 1 aliphatic heterocycles. The van der Waals surface area contributed by atoms with E-state index in [1.54, 1.807) is 12.1 Å². The van der Waals surface area contributed by atoms with Crippen LogP contribution in [0.3, 0.4) is 0 Å². The minimum atomic E-state index is -0.458. The highest BCUT2D eigenvalue weighted by Gasteiger charge is 2.33. The Morgan fingerprint density at radius 3 is 2.40 bits per heavy atom. The Morgan fingerprint density at radius 2 is 1.87 bits per heavy atom. The van der Waals surface area contributed by atoms with Gasteiger partial charge in [0.2, 0.25) is 0 Å². The summed E-state index contributed by atoms with van der Waals surface area (Å²) in [6.07, 6.45) is 0. The number of Topliss-reactive ketones (excluding diaryl/α,β-unsaturated/α-hetero) is 1. The molecule has 1 heterocycles. The number of amides is 2. The molecule has 0 saturated carbocycles. The third kappa shape index (κ3) is 1.83. The standard InChI is InChI=1S/C11H12N2O2/c1-7-9(13-11(15)12-7)10(14)8-5-3-2-4-6-8/h2-7,9H,1H3,(H2,12,13,15). The molecule has 0 aromatic heterocycles. The molecule has 1 aromatic carbocycles. The van der Waals surface area contributed by atoms with Crippen LogP contribution < -0.4 is 10.6 Å². The first-order valence-corrected chi connectivity index (χ1v) is 4.85. The van der Waals surface area contributed by atoms with Gasteiger partial charge in [0.15, 0.2) is 5.78 Å². The fraction of sp³-hybridized carbons (Fsp3) is 0.273. The fourth-order valence-corrected chi connectivity index (χ4v) is 1.67. The Kier molecular flexibility index (Phi) is 2.41. The minimum Gasteiger partial charge on any atom is -0.333 e. The lowest BCUT2D eigenvalue weighted by atomic mass is 10.0. The van der Waals surface area contributed by atoms with Gasteiger partial charge < -0.3 is 10.6 Å². The van der Waals surface area contributed by atoms with E-state index in [0.29, 0.717) is 5.56 Å². The van der Waals surface area contributed by atoms with Gasteiger partial charge >= 0.3 is 6.03 Å². The average molecular weight is 204 g/mol. The first-order chi connectivity index (χ1) is 7.18. The Bertz CT molecular complexity index is 389. The van der Waals surface area contributed by atoms with Crippen molar-refractivity contribution in [3.05, 3.63) is 35.9 Å². The van der Waals surface area contributed by atoms with Crippen molar-refractivity contribution in [2.24, 2.45) is 0 Å². The number of urea groups is 1. The molecule has 0 spiro atoms. The van der Waals surface area contributed by atoms with Crippen LogP contribution in [0, 0.1) is 0 Å². The predicted octanol–water partition coefficient (Wildman–Crippen LogP) is 0.939. The highest BCUT2D eigenvalue weighted by molar-refractivity contribution is 6.03. The summed E-state index contributed by atoms with van der Waals surface area (Å²) < 4.78 is 0. The van der Waals surface area contributed by atoms with Crippen LogP contribution in [0.1, 0.15) is 17.3 Å². The van der Waals surface area contributed by atoms with Gasteiger partial charge in [0.1, 0.15) is 6.04 Å². The summed E-state index contributed by atoms with van der Waals surface area (Å²) in [7, 11) is 0.